The molecule has 2 atom stereocenters. The van der Waals surface area contributed by atoms with Crippen molar-refractivity contribution in [1.82, 2.24) is 5.12 Å². The fourth-order valence-electron chi connectivity index (χ4n) is 2.71. The monoisotopic (exact) mass is 445 g/mol. The molecule has 0 amide bonds. The maximum absolute atomic E-state index is 14.1. The predicted octanol–water partition coefficient (Wildman–Crippen LogP) is 4.98. The Kier molecular flexibility index (Phi) is 3.68. The van der Waals surface area contributed by atoms with E-state index in [0.717, 1.165) is 0 Å². The molecule has 1 aliphatic carbocycles. The maximum atomic E-state index is 14.1. The smallest absolute Gasteiger partial charge is 0.226 e. The molecule has 0 aromatic rings. The lowest BCUT2D eigenvalue weighted by molar-refractivity contribution is -0.579. The van der Waals surface area contributed by atoms with E-state index in [-0.39, 0.29) is 0 Å². The molecule has 1 nitrogen and oxygen atoms in total. The zero-order valence-electron chi connectivity index (χ0n) is 11.4. The van der Waals surface area contributed by atoms with Crippen LogP contribution < -0.4 is 0 Å². The first-order valence-corrected chi connectivity index (χ1v) is 5.89. The second kappa shape index (κ2) is 4.50. The van der Waals surface area contributed by atoms with Gasteiger partial charge in [0.15, 0.2) is 0 Å². The van der Waals surface area contributed by atoms with E-state index in [4.69, 9.17) is 0 Å². The summed E-state index contributed by atoms with van der Waals surface area (Å²) in [5, 5.41) is -4.21. The van der Waals surface area contributed by atoms with Gasteiger partial charge in [0.2, 0.25) is 0 Å². The molecule has 0 bridgehead atoms. The van der Waals surface area contributed by atoms with Crippen molar-refractivity contribution >= 4 is 0 Å². The van der Waals surface area contributed by atoms with Crippen LogP contribution in [0.5, 0.6) is 0 Å². The number of alkyl halides is 16. The van der Waals surface area contributed by atoms with Crippen LogP contribution in [0.3, 0.4) is 0 Å². The standard InChI is InChI=1S/C9F17N/c10-1-2(11,8(22,23)27(26)9(24,25)5(1,16)17)4(14,15)7(20,21)6(18,19)3(1,12)13. The molecule has 160 valence electrons. The van der Waals surface area contributed by atoms with E-state index >= 15 is 0 Å². The summed E-state index contributed by atoms with van der Waals surface area (Å²) in [5.74, 6) is -40.9. The van der Waals surface area contributed by atoms with Gasteiger partial charge in [-0.3, -0.25) is 0 Å². The van der Waals surface area contributed by atoms with Crippen LogP contribution in [0.2, 0.25) is 0 Å². The lowest BCUT2D eigenvalue weighted by Crippen LogP contribution is -2.97. The van der Waals surface area contributed by atoms with Crippen molar-refractivity contribution in [2.45, 2.75) is 53.0 Å². The highest BCUT2D eigenvalue weighted by atomic mass is 19.4. The highest BCUT2D eigenvalue weighted by Crippen LogP contribution is 2.78. The van der Waals surface area contributed by atoms with Crippen LogP contribution in [0.4, 0.5) is 74.7 Å². The second-order valence-electron chi connectivity index (χ2n) is 5.55. The van der Waals surface area contributed by atoms with Gasteiger partial charge in [-0.2, -0.15) is 61.5 Å². The summed E-state index contributed by atoms with van der Waals surface area (Å²) in [6.45, 7) is 0. The van der Waals surface area contributed by atoms with Gasteiger partial charge < -0.3 is 0 Å². The van der Waals surface area contributed by atoms with Crippen LogP contribution in [0.15, 0.2) is 0 Å². The highest BCUT2D eigenvalue weighted by molar-refractivity contribution is 5.38. The van der Waals surface area contributed by atoms with Crippen molar-refractivity contribution in [2.75, 3.05) is 0 Å². The Balaban J connectivity index is 3.17. The minimum Gasteiger partial charge on any atom is -0.226 e. The van der Waals surface area contributed by atoms with Crippen LogP contribution in [0, 0.1) is 0 Å². The fourth-order valence-corrected chi connectivity index (χ4v) is 2.71. The van der Waals surface area contributed by atoms with Crippen molar-refractivity contribution < 1.29 is 74.7 Å². The SMILES string of the molecule is FN1C(F)(F)C(F)(F)C2(F)C(F)(F)C(F)(F)C(F)(F)C(F)(F)C2(F)C1(F)F. The molecule has 0 radical (unpaired) electrons. The molecule has 2 rings (SSSR count). The van der Waals surface area contributed by atoms with Gasteiger partial charge in [0.1, 0.15) is 0 Å². The number of nitrogens with zero attached hydrogens (tertiary/aromatic N) is 1. The molecule has 18 heteroatoms. The molecule has 0 aromatic carbocycles. The van der Waals surface area contributed by atoms with Crippen molar-refractivity contribution in [3.8, 4) is 0 Å². The summed E-state index contributed by atoms with van der Waals surface area (Å²) in [5.41, 5.74) is -16.7. The molecule has 2 unspecified atom stereocenters. The molecule has 27 heavy (non-hydrogen) atoms. The first-order chi connectivity index (χ1) is 11.4. The summed E-state index contributed by atoms with van der Waals surface area (Å²) >= 11 is 0. The summed E-state index contributed by atoms with van der Waals surface area (Å²) < 4.78 is 227. The first-order valence-electron chi connectivity index (χ1n) is 5.89. The van der Waals surface area contributed by atoms with E-state index in [0.29, 0.717) is 0 Å². The Labute approximate surface area is 134 Å². The average molecular weight is 445 g/mol. The minimum absolute atomic E-state index is 4.21. The number of halogens is 17. The summed E-state index contributed by atoms with van der Waals surface area (Å²) in [4.78, 5) is 0. The lowest BCUT2D eigenvalue weighted by atomic mass is 9.59. The largest absolute Gasteiger partial charge is 0.401 e. The van der Waals surface area contributed by atoms with E-state index in [1.54, 1.807) is 0 Å². The van der Waals surface area contributed by atoms with Gasteiger partial charge in [0, 0.05) is 0 Å². The average Bonchev–Trinajstić information content (AvgIpc) is 2.48. The Hall–Kier alpha value is -1.23. The molecule has 0 spiro atoms. The quantitative estimate of drug-likeness (QED) is 0.289. The molecule has 1 heterocycles. The fraction of sp³-hybridized carbons (Fsp3) is 1.00. The second-order valence-corrected chi connectivity index (χ2v) is 5.55. The molecule has 0 N–H and O–H groups in total. The van der Waals surface area contributed by atoms with Crippen LogP contribution in [-0.4, -0.2) is 58.2 Å². The molecule has 2 aliphatic rings. The molecule has 1 saturated heterocycles. The Bertz CT molecular complexity index is 667. The Morgan fingerprint density at radius 2 is 0.630 bits per heavy atom. The summed E-state index contributed by atoms with van der Waals surface area (Å²) in [6, 6.07) is -15.6. The molecule has 1 saturated carbocycles. The summed E-state index contributed by atoms with van der Waals surface area (Å²) in [6.07, 6.45) is 0. The van der Waals surface area contributed by atoms with E-state index in [9.17, 15) is 74.7 Å². The topological polar surface area (TPSA) is 3.24 Å². The van der Waals surface area contributed by atoms with Crippen molar-refractivity contribution in [1.29, 1.82) is 0 Å². The number of rotatable bonds is 0. The third-order valence-corrected chi connectivity index (χ3v) is 4.24. The molecule has 0 aromatic heterocycles. The lowest BCUT2D eigenvalue weighted by Gasteiger charge is -2.62. The number of fused-ring (bicyclic) bond motifs is 1. The van der Waals surface area contributed by atoms with E-state index < -0.39 is 58.2 Å². The number of piperidine rings is 1. The molecular formula is C9F17N. The Morgan fingerprint density at radius 1 is 0.333 bits per heavy atom. The van der Waals surface area contributed by atoms with E-state index in [1.165, 1.54) is 0 Å². The predicted molar refractivity (Wildman–Crippen MR) is 45.3 cm³/mol. The van der Waals surface area contributed by atoms with Gasteiger partial charge in [0.25, 0.3) is 5.67 Å². The normalized spacial score (nSPS) is 43.0. The Morgan fingerprint density at radius 3 is 0.963 bits per heavy atom. The molecule has 1 aliphatic heterocycles. The third kappa shape index (κ3) is 1.52. The van der Waals surface area contributed by atoms with Gasteiger partial charge >= 0.3 is 47.4 Å². The van der Waals surface area contributed by atoms with Crippen LogP contribution >= 0.6 is 0 Å². The summed E-state index contributed by atoms with van der Waals surface area (Å²) in [7, 11) is 0. The van der Waals surface area contributed by atoms with Gasteiger partial charge in [-0.25, -0.2) is 8.78 Å². The maximum Gasteiger partial charge on any atom is 0.401 e. The van der Waals surface area contributed by atoms with Gasteiger partial charge in [-0.1, -0.05) is 0 Å². The minimum atomic E-state index is -8.42. The van der Waals surface area contributed by atoms with Crippen molar-refractivity contribution in [3.05, 3.63) is 0 Å². The highest BCUT2D eigenvalue weighted by Gasteiger charge is 3.12. The van der Waals surface area contributed by atoms with Gasteiger partial charge in [-0.05, 0) is 5.12 Å². The third-order valence-electron chi connectivity index (χ3n) is 4.24. The van der Waals surface area contributed by atoms with Crippen molar-refractivity contribution in [3.63, 3.8) is 0 Å². The van der Waals surface area contributed by atoms with Gasteiger partial charge in [0.05, 0.1) is 0 Å². The molecule has 2 fully saturated rings. The van der Waals surface area contributed by atoms with E-state index in [2.05, 4.69) is 0 Å². The van der Waals surface area contributed by atoms with Crippen LogP contribution in [-0.2, 0) is 0 Å². The number of hydrogen-bond acceptors (Lipinski definition) is 1. The van der Waals surface area contributed by atoms with Crippen LogP contribution in [0.1, 0.15) is 0 Å². The van der Waals surface area contributed by atoms with Crippen molar-refractivity contribution in [2.24, 2.45) is 0 Å². The van der Waals surface area contributed by atoms with E-state index in [1.807, 2.05) is 0 Å². The number of hydrogen-bond donors (Lipinski definition) is 0. The first kappa shape index (κ1) is 22.1. The zero-order valence-corrected chi connectivity index (χ0v) is 11.4. The molecular weight excluding hydrogens is 445 g/mol. The zero-order chi connectivity index (χ0) is 22.1. The van der Waals surface area contributed by atoms with Crippen LogP contribution in [0.25, 0.3) is 0 Å². The van der Waals surface area contributed by atoms with Gasteiger partial charge in [-0.15, -0.1) is 4.48 Å².